The van der Waals surface area contributed by atoms with Crippen LogP contribution in [0.5, 0.6) is 0 Å². The van der Waals surface area contributed by atoms with Gasteiger partial charge in [0.15, 0.2) is 5.11 Å². The highest BCUT2D eigenvalue weighted by atomic mass is 32.2. The molecule has 2 rings (SSSR count). The van der Waals surface area contributed by atoms with E-state index in [-0.39, 0.29) is 0 Å². The number of nitrogens with two attached hydrogens (primary N) is 1. The maximum atomic E-state index is 11.7. The van der Waals surface area contributed by atoms with Crippen LogP contribution in [0, 0.1) is 0 Å². The number of rotatable bonds is 4. The van der Waals surface area contributed by atoms with Gasteiger partial charge in [0.1, 0.15) is 5.00 Å². The van der Waals surface area contributed by atoms with E-state index in [4.69, 9.17) is 18.0 Å². The van der Waals surface area contributed by atoms with Gasteiger partial charge in [0.05, 0.1) is 5.56 Å². The second-order valence-electron chi connectivity index (χ2n) is 4.00. The largest absolute Gasteiger partial charge is 0.365 e. The van der Waals surface area contributed by atoms with E-state index in [2.05, 4.69) is 17.2 Å². The van der Waals surface area contributed by atoms with Crippen molar-refractivity contribution < 1.29 is 4.79 Å². The van der Waals surface area contributed by atoms with Crippen molar-refractivity contribution in [1.82, 2.24) is 5.32 Å². The lowest BCUT2D eigenvalue weighted by molar-refractivity contribution is 0.100. The van der Waals surface area contributed by atoms with Crippen LogP contribution in [0.1, 0.15) is 20.8 Å². The van der Waals surface area contributed by atoms with E-state index in [1.807, 2.05) is 11.8 Å². The number of anilines is 1. The molecule has 0 fully saturated rings. The summed E-state index contributed by atoms with van der Waals surface area (Å²) in [5.74, 6) is 1.58. The Balaban J connectivity index is 2.24. The molecule has 0 spiro atoms. The summed E-state index contributed by atoms with van der Waals surface area (Å²) in [4.78, 5) is 12.9. The van der Waals surface area contributed by atoms with E-state index >= 15 is 0 Å². The molecule has 4 N–H and O–H groups in total. The van der Waals surface area contributed by atoms with Crippen molar-refractivity contribution in [1.29, 1.82) is 0 Å². The van der Waals surface area contributed by atoms with Crippen molar-refractivity contribution in [2.75, 3.05) is 17.6 Å². The third-order valence-corrected chi connectivity index (χ3v) is 5.26. The molecule has 1 aliphatic rings. The fraction of sp³-hybridized carbons (Fsp3) is 0.333. The highest BCUT2D eigenvalue weighted by molar-refractivity contribution is 7.98. The predicted octanol–water partition coefficient (Wildman–Crippen LogP) is 2.11. The molecule has 0 bridgehead atoms. The number of fused-ring (bicyclic) bond motifs is 1. The van der Waals surface area contributed by atoms with Gasteiger partial charge >= 0.3 is 0 Å². The van der Waals surface area contributed by atoms with Crippen LogP contribution in [0.4, 0.5) is 5.00 Å². The molecule has 0 saturated heterocycles. The Kier molecular flexibility index (Phi) is 4.84. The quantitative estimate of drug-likeness (QED) is 0.587. The molecule has 0 unspecified atom stereocenters. The van der Waals surface area contributed by atoms with Crippen molar-refractivity contribution >= 4 is 51.3 Å². The molecule has 0 aromatic carbocycles. The Morgan fingerprint density at radius 3 is 3.05 bits per heavy atom. The normalized spacial score (nSPS) is 13.5. The van der Waals surface area contributed by atoms with Crippen LogP contribution in [0.15, 0.2) is 12.7 Å². The number of thiocarbonyl (C=S) groups is 1. The molecule has 19 heavy (non-hydrogen) atoms. The number of hydrogen-bond donors (Lipinski definition) is 3. The van der Waals surface area contributed by atoms with Crippen LogP contribution < -0.4 is 16.4 Å². The van der Waals surface area contributed by atoms with Gasteiger partial charge in [0.25, 0.3) is 5.91 Å². The number of amides is 1. The minimum Gasteiger partial charge on any atom is -0.365 e. The molecule has 102 valence electrons. The molecule has 0 aliphatic carbocycles. The summed E-state index contributed by atoms with van der Waals surface area (Å²) in [7, 11) is 0. The summed E-state index contributed by atoms with van der Waals surface area (Å²) in [5, 5.41) is 7.28. The Morgan fingerprint density at radius 2 is 2.37 bits per heavy atom. The number of hydrogen-bond acceptors (Lipinski definition) is 4. The predicted molar refractivity (Wildman–Crippen MR) is 87.1 cm³/mol. The van der Waals surface area contributed by atoms with Gasteiger partial charge in [-0.3, -0.25) is 4.79 Å². The number of carbonyl (C=O) groups excluding carboxylic acids is 1. The first-order valence-corrected chi connectivity index (χ1v) is 8.19. The van der Waals surface area contributed by atoms with E-state index in [1.165, 1.54) is 4.88 Å². The van der Waals surface area contributed by atoms with E-state index in [9.17, 15) is 4.79 Å². The third kappa shape index (κ3) is 3.29. The number of primary amides is 1. The summed E-state index contributed by atoms with van der Waals surface area (Å²) in [6.45, 7) is 4.20. The lowest BCUT2D eigenvalue weighted by Crippen LogP contribution is -2.29. The van der Waals surface area contributed by atoms with Crippen molar-refractivity contribution in [3.8, 4) is 0 Å². The van der Waals surface area contributed by atoms with Crippen molar-refractivity contribution in [3.63, 3.8) is 0 Å². The van der Waals surface area contributed by atoms with Crippen LogP contribution in [0.2, 0.25) is 0 Å². The number of nitrogens with one attached hydrogen (secondary N) is 2. The second kappa shape index (κ2) is 6.40. The van der Waals surface area contributed by atoms with Gasteiger partial charge in [0.2, 0.25) is 0 Å². The summed E-state index contributed by atoms with van der Waals surface area (Å²) >= 11 is 8.61. The van der Waals surface area contributed by atoms with Gasteiger partial charge in [-0.2, -0.15) is 11.8 Å². The molecule has 7 heteroatoms. The Hall–Kier alpha value is -1.05. The summed E-state index contributed by atoms with van der Waals surface area (Å²) < 4.78 is 0. The van der Waals surface area contributed by atoms with Crippen LogP contribution in [-0.2, 0) is 12.2 Å². The van der Waals surface area contributed by atoms with Crippen LogP contribution >= 0.6 is 35.3 Å². The fourth-order valence-corrected chi connectivity index (χ4v) is 4.53. The van der Waals surface area contributed by atoms with Gasteiger partial charge in [-0.1, -0.05) is 6.08 Å². The summed E-state index contributed by atoms with van der Waals surface area (Å²) in [6, 6.07) is 0. The molecular formula is C12H15N3OS3. The van der Waals surface area contributed by atoms with Gasteiger partial charge in [0, 0.05) is 17.2 Å². The van der Waals surface area contributed by atoms with Gasteiger partial charge in [-0.15, -0.1) is 17.9 Å². The minimum atomic E-state index is -0.390. The average molecular weight is 313 g/mol. The molecule has 1 aromatic heterocycles. The number of carbonyl (C=O) groups is 1. The molecule has 0 atom stereocenters. The molecule has 2 heterocycles. The van der Waals surface area contributed by atoms with Crippen LogP contribution in [-0.4, -0.2) is 23.3 Å². The number of thioether (sulfide) groups is 1. The van der Waals surface area contributed by atoms with Crippen LogP contribution in [0.25, 0.3) is 0 Å². The second-order valence-corrected chi connectivity index (χ2v) is 6.62. The Labute approximate surface area is 125 Å². The fourth-order valence-electron chi connectivity index (χ4n) is 1.89. The highest BCUT2D eigenvalue weighted by Gasteiger charge is 2.24. The molecule has 0 radical (unpaired) electrons. The molecule has 0 saturated carbocycles. The first-order chi connectivity index (χ1) is 9.13. The lowest BCUT2D eigenvalue weighted by Gasteiger charge is -2.11. The smallest absolute Gasteiger partial charge is 0.251 e. The Morgan fingerprint density at radius 1 is 1.58 bits per heavy atom. The van der Waals surface area contributed by atoms with E-state index < -0.39 is 5.91 Å². The molecule has 1 amide bonds. The molecular weight excluding hydrogens is 298 g/mol. The zero-order valence-corrected chi connectivity index (χ0v) is 12.8. The Bertz CT molecular complexity index is 525. The summed E-state index contributed by atoms with van der Waals surface area (Å²) in [5.41, 5.74) is 7.19. The molecule has 4 nitrogen and oxygen atoms in total. The summed E-state index contributed by atoms with van der Waals surface area (Å²) in [6.07, 6.45) is 2.61. The maximum Gasteiger partial charge on any atom is 0.251 e. The van der Waals surface area contributed by atoms with Crippen molar-refractivity contribution in [2.24, 2.45) is 5.73 Å². The van der Waals surface area contributed by atoms with Gasteiger partial charge in [-0.25, -0.2) is 0 Å². The zero-order chi connectivity index (χ0) is 13.8. The highest BCUT2D eigenvalue weighted by Crippen LogP contribution is 2.39. The van der Waals surface area contributed by atoms with Crippen LogP contribution in [0.3, 0.4) is 0 Å². The number of thiophene rings is 1. The van der Waals surface area contributed by atoms with E-state index in [1.54, 1.807) is 17.4 Å². The standard InChI is InChI=1S/C12H15N3OS3/c1-2-4-14-12(17)15-11-9(10(13)16)7-3-5-18-6-8(7)19-11/h2H,1,3-6H2,(H2,13,16)(H2,14,15,17). The topological polar surface area (TPSA) is 67.2 Å². The van der Waals surface area contributed by atoms with E-state index in [0.29, 0.717) is 17.2 Å². The van der Waals surface area contributed by atoms with Gasteiger partial charge in [-0.05, 0) is 30.0 Å². The monoisotopic (exact) mass is 313 g/mol. The maximum absolute atomic E-state index is 11.7. The van der Waals surface area contributed by atoms with E-state index in [0.717, 1.165) is 28.5 Å². The van der Waals surface area contributed by atoms with Crippen molar-refractivity contribution in [2.45, 2.75) is 12.2 Å². The first kappa shape index (κ1) is 14.4. The zero-order valence-electron chi connectivity index (χ0n) is 10.3. The first-order valence-electron chi connectivity index (χ1n) is 5.81. The minimum absolute atomic E-state index is 0.390. The molecule has 1 aliphatic heterocycles. The van der Waals surface area contributed by atoms with Gasteiger partial charge < -0.3 is 16.4 Å². The SMILES string of the molecule is C=CCNC(=S)Nc1sc2c(c1C(N)=O)CCSC2. The third-order valence-electron chi connectivity index (χ3n) is 2.70. The van der Waals surface area contributed by atoms with Crippen molar-refractivity contribution in [3.05, 3.63) is 28.7 Å². The molecule has 1 aromatic rings. The lowest BCUT2D eigenvalue weighted by atomic mass is 10.1. The average Bonchev–Trinajstić information content (AvgIpc) is 2.74.